The van der Waals surface area contributed by atoms with Crippen molar-refractivity contribution in [2.45, 2.75) is 43.7 Å². The largest absolute Gasteiger partial charge is 0.423 e. The molecule has 0 saturated carbocycles. The lowest BCUT2D eigenvalue weighted by Gasteiger charge is -2.30. The molecular weight excluding hydrogens is 394 g/mol. The lowest BCUT2D eigenvalue weighted by Crippen LogP contribution is -2.41. The molecule has 4 heterocycles. The fraction of sp³-hybridized carbons (Fsp3) is 0.714. The molecule has 3 aliphatic heterocycles. The number of aromatic nitrogens is 2. The minimum atomic E-state index is -4.78. The van der Waals surface area contributed by atoms with E-state index in [4.69, 9.17) is 20.1 Å². The van der Waals surface area contributed by atoms with Gasteiger partial charge in [0.1, 0.15) is 6.04 Å². The Morgan fingerprint density at radius 1 is 1.21 bits per heavy atom. The Kier molecular flexibility index (Phi) is 4.63. The molecule has 154 valence electrons. The molecule has 2 bridgehead atoms. The zero-order valence-electron chi connectivity index (χ0n) is 14.9. The number of piperidine rings is 2. The number of nitrogens with one attached hydrogen (secondary N) is 1. The summed E-state index contributed by atoms with van der Waals surface area (Å²) in [5.41, 5.74) is 5.50. The van der Waals surface area contributed by atoms with Gasteiger partial charge >= 0.3 is 16.4 Å². The highest BCUT2D eigenvalue weighted by Crippen LogP contribution is 2.39. The van der Waals surface area contributed by atoms with Crippen molar-refractivity contribution in [1.29, 1.82) is 5.41 Å². The Balaban J connectivity index is 1.45. The molecule has 0 aromatic carbocycles. The van der Waals surface area contributed by atoms with E-state index in [1.54, 1.807) is 4.90 Å². The van der Waals surface area contributed by atoms with Crippen molar-refractivity contribution in [3.63, 3.8) is 0 Å². The van der Waals surface area contributed by atoms with Crippen LogP contribution in [0.15, 0.2) is 4.42 Å². The summed E-state index contributed by atoms with van der Waals surface area (Å²) in [7, 11) is -4.78. The average molecular weight is 415 g/mol. The zero-order chi connectivity index (χ0) is 20.1. The first-order valence-electron chi connectivity index (χ1n) is 8.92. The second-order valence-electron chi connectivity index (χ2n) is 7.14. The van der Waals surface area contributed by atoms with Gasteiger partial charge in [0.25, 0.3) is 0 Å². The van der Waals surface area contributed by atoms with Gasteiger partial charge in [-0.3, -0.25) is 9.96 Å². The Bertz CT molecular complexity index is 880. The molecule has 0 radical (unpaired) electrons. The fourth-order valence-electron chi connectivity index (χ4n) is 4.00. The van der Waals surface area contributed by atoms with E-state index in [2.05, 4.69) is 14.5 Å². The quantitative estimate of drug-likeness (QED) is 0.339. The van der Waals surface area contributed by atoms with Crippen LogP contribution in [0.5, 0.6) is 0 Å². The predicted molar refractivity (Wildman–Crippen MR) is 92.1 cm³/mol. The number of hydrogen-bond acceptors (Lipinski definition) is 8. The fourth-order valence-corrected chi connectivity index (χ4v) is 4.39. The molecule has 3 aliphatic rings. The molecule has 2 amide bonds. The standard InChI is InChI=1S/C14H21N7O6S/c15-13(16)19-5-3-8(4-6-19)11-17-18-12(26-11)10-2-1-9-7-20(10)14(22)21(9)27-28(23,24)25/h8-10H,1-7H2,(H3,15,16)(H,23,24,25)/t9-,10+/m1/s1. The highest BCUT2D eigenvalue weighted by Gasteiger charge is 2.49. The van der Waals surface area contributed by atoms with E-state index in [1.165, 1.54) is 4.90 Å². The van der Waals surface area contributed by atoms with Crippen molar-refractivity contribution in [3.8, 4) is 0 Å². The Morgan fingerprint density at radius 2 is 1.89 bits per heavy atom. The molecule has 4 N–H and O–H groups in total. The summed E-state index contributed by atoms with van der Waals surface area (Å²) in [6.07, 6.45) is 2.43. The highest BCUT2D eigenvalue weighted by atomic mass is 32.3. The minimum Gasteiger partial charge on any atom is -0.423 e. The molecule has 1 aromatic heterocycles. The maximum atomic E-state index is 12.5. The molecule has 1 aromatic rings. The van der Waals surface area contributed by atoms with Gasteiger partial charge in [-0.1, -0.05) is 0 Å². The van der Waals surface area contributed by atoms with E-state index in [1.807, 2.05) is 0 Å². The molecule has 28 heavy (non-hydrogen) atoms. The molecule has 3 saturated heterocycles. The molecule has 0 unspecified atom stereocenters. The van der Waals surface area contributed by atoms with E-state index >= 15 is 0 Å². The van der Waals surface area contributed by atoms with Gasteiger partial charge in [0, 0.05) is 25.6 Å². The van der Waals surface area contributed by atoms with Crippen molar-refractivity contribution in [1.82, 2.24) is 25.1 Å². The van der Waals surface area contributed by atoms with Crippen molar-refractivity contribution in [2.24, 2.45) is 5.73 Å². The van der Waals surface area contributed by atoms with E-state index < -0.39 is 28.5 Å². The third-order valence-corrected chi connectivity index (χ3v) is 5.77. The van der Waals surface area contributed by atoms with Gasteiger partial charge in [0.2, 0.25) is 11.8 Å². The number of urea groups is 1. The number of hydrogen-bond donors (Lipinski definition) is 3. The summed E-state index contributed by atoms with van der Waals surface area (Å²) in [6.45, 7) is 1.51. The summed E-state index contributed by atoms with van der Waals surface area (Å²) >= 11 is 0. The van der Waals surface area contributed by atoms with E-state index in [0.717, 1.165) is 12.8 Å². The number of nitrogens with two attached hydrogens (primary N) is 1. The van der Waals surface area contributed by atoms with Crippen LogP contribution in [0.1, 0.15) is 49.4 Å². The maximum absolute atomic E-state index is 12.5. The van der Waals surface area contributed by atoms with Gasteiger partial charge in [-0.2, -0.15) is 13.5 Å². The van der Waals surface area contributed by atoms with Crippen LogP contribution in [-0.4, -0.2) is 75.7 Å². The predicted octanol–water partition coefficient (Wildman–Crippen LogP) is -0.182. The summed E-state index contributed by atoms with van der Waals surface area (Å²) in [4.78, 5) is 15.7. The first kappa shape index (κ1) is 18.9. The van der Waals surface area contributed by atoms with Crippen molar-refractivity contribution in [3.05, 3.63) is 11.8 Å². The van der Waals surface area contributed by atoms with Gasteiger partial charge in [-0.15, -0.1) is 14.5 Å². The van der Waals surface area contributed by atoms with Crippen LogP contribution in [0.25, 0.3) is 0 Å². The number of carbonyl (C=O) groups is 1. The summed E-state index contributed by atoms with van der Waals surface area (Å²) in [5, 5.41) is 16.4. The summed E-state index contributed by atoms with van der Waals surface area (Å²) < 4.78 is 41.1. The van der Waals surface area contributed by atoms with Crippen LogP contribution < -0.4 is 5.73 Å². The van der Waals surface area contributed by atoms with Crippen molar-refractivity contribution >= 4 is 22.4 Å². The lowest BCUT2D eigenvalue weighted by atomic mass is 9.97. The summed E-state index contributed by atoms with van der Waals surface area (Å²) in [6, 6.07) is -1.61. The number of amides is 2. The topological polar surface area (TPSA) is 179 Å². The van der Waals surface area contributed by atoms with Crippen molar-refractivity contribution < 1.29 is 26.5 Å². The zero-order valence-corrected chi connectivity index (χ0v) is 15.7. The van der Waals surface area contributed by atoms with E-state index in [-0.39, 0.29) is 18.4 Å². The van der Waals surface area contributed by atoms with Crippen molar-refractivity contribution in [2.75, 3.05) is 19.6 Å². The maximum Gasteiger partial charge on any atom is 0.418 e. The Morgan fingerprint density at radius 3 is 2.54 bits per heavy atom. The number of guanidine groups is 1. The first-order chi connectivity index (χ1) is 13.2. The summed E-state index contributed by atoms with van der Waals surface area (Å²) in [5.74, 6) is 0.884. The molecule has 0 aliphatic carbocycles. The minimum absolute atomic E-state index is 0.0469. The second kappa shape index (κ2) is 6.86. The Labute approximate surface area is 160 Å². The number of carbonyl (C=O) groups excluding carboxylic acids is 1. The van der Waals surface area contributed by atoms with E-state index in [9.17, 15) is 13.2 Å². The monoisotopic (exact) mass is 415 g/mol. The third-order valence-electron chi connectivity index (χ3n) is 5.42. The molecule has 2 atom stereocenters. The molecule has 14 heteroatoms. The average Bonchev–Trinajstić information content (AvgIpc) is 3.22. The van der Waals surface area contributed by atoms with Gasteiger partial charge < -0.3 is 20.0 Å². The molecule has 3 fully saturated rings. The normalized spacial score (nSPS) is 26.2. The number of hydroxylamine groups is 2. The van der Waals surface area contributed by atoms with Gasteiger partial charge in [0.05, 0.1) is 6.04 Å². The number of rotatable bonds is 4. The van der Waals surface area contributed by atoms with Crippen LogP contribution in [0.2, 0.25) is 0 Å². The molecule has 0 spiro atoms. The van der Waals surface area contributed by atoms with Crippen LogP contribution in [0.4, 0.5) is 4.79 Å². The van der Waals surface area contributed by atoms with Crippen LogP contribution >= 0.6 is 0 Å². The number of nitrogens with zero attached hydrogens (tertiary/aromatic N) is 5. The SMILES string of the molecule is N=C(N)N1CCC(c2nnc([C@@H]3CC[C@@H]4CN3C(=O)N4OS(=O)(=O)O)o2)CC1. The molecule has 4 rings (SSSR count). The third kappa shape index (κ3) is 3.49. The number of fused-ring (bicyclic) bond motifs is 2. The lowest BCUT2D eigenvalue weighted by molar-refractivity contribution is -0.0317. The van der Waals surface area contributed by atoms with Gasteiger partial charge in [-0.25, -0.2) is 4.79 Å². The van der Waals surface area contributed by atoms with Crippen LogP contribution in [-0.2, 0) is 14.7 Å². The second-order valence-corrected chi connectivity index (χ2v) is 8.14. The first-order valence-corrected chi connectivity index (χ1v) is 10.3. The highest BCUT2D eigenvalue weighted by molar-refractivity contribution is 7.80. The Hall–Kier alpha value is -2.45. The molecule has 13 nitrogen and oxygen atoms in total. The van der Waals surface area contributed by atoms with E-state index in [0.29, 0.717) is 42.8 Å². The van der Waals surface area contributed by atoms with Crippen LogP contribution in [0, 0.1) is 5.41 Å². The smallest absolute Gasteiger partial charge is 0.418 e. The van der Waals surface area contributed by atoms with Crippen LogP contribution in [0.3, 0.4) is 0 Å². The number of likely N-dealkylation sites (tertiary alicyclic amines) is 1. The van der Waals surface area contributed by atoms with Gasteiger partial charge in [-0.05, 0) is 25.7 Å². The molecular formula is C14H21N7O6S. The van der Waals surface area contributed by atoms with Gasteiger partial charge in [0.15, 0.2) is 5.96 Å².